The topological polar surface area (TPSA) is 113 Å². The van der Waals surface area contributed by atoms with Gasteiger partial charge in [0, 0.05) is 26.2 Å². The summed E-state index contributed by atoms with van der Waals surface area (Å²) in [5, 5.41) is 8.57. The zero-order chi connectivity index (χ0) is 22.3. The Bertz CT molecular complexity index is 1010. The van der Waals surface area contributed by atoms with E-state index >= 15 is 0 Å². The number of hydrogen-bond donors (Lipinski definition) is 2. The lowest BCUT2D eigenvalue weighted by Gasteiger charge is -2.12. The number of aliphatic carboxylic acids is 1. The van der Waals surface area contributed by atoms with Crippen LogP contribution >= 0.6 is 0 Å². The molecule has 0 saturated carbocycles. The number of carboxylic acids is 1. The Labute approximate surface area is 174 Å². The molecule has 0 aliphatic heterocycles. The van der Waals surface area contributed by atoms with E-state index in [1.165, 1.54) is 29.2 Å². The molecule has 2 aromatic rings. The van der Waals surface area contributed by atoms with E-state index in [1.54, 1.807) is 26.2 Å². The molecule has 0 aromatic heterocycles. The third kappa shape index (κ3) is 6.73. The summed E-state index contributed by atoms with van der Waals surface area (Å²) < 4.78 is 46.7. The normalized spacial score (nSPS) is 11.0. The maximum absolute atomic E-state index is 14.2. The Balaban J connectivity index is 2.03. The van der Waals surface area contributed by atoms with Crippen molar-refractivity contribution in [2.45, 2.75) is 24.2 Å². The van der Waals surface area contributed by atoms with Gasteiger partial charge in [-0.25, -0.2) is 12.8 Å². The number of carbonyl (C=O) groups is 2. The summed E-state index contributed by atoms with van der Waals surface area (Å²) in [6.45, 7) is -0.00373. The first kappa shape index (κ1) is 23.1. The van der Waals surface area contributed by atoms with Crippen LogP contribution in [0.4, 0.5) is 10.1 Å². The zero-order valence-electron chi connectivity index (χ0n) is 16.6. The van der Waals surface area contributed by atoms with Crippen LogP contribution in [0.2, 0.25) is 0 Å². The van der Waals surface area contributed by atoms with Crippen LogP contribution in [0.5, 0.6) is 5.75 Å². The number of carboxylic acid groups (broad SMARTS) is 1. The maximum Gasteiger partial charge on any atom is 0.303 e. The van der Waals surface area contributed by atoms with E-state index in [-0.39, 0.29) is 48.1 Å². The Morgan fingerprint density at radius 2 is 1.80 bits per heavy atom. The molecule has 0 radical (unpaired) electrons. The van der Waals surface area contributed by atoms with E-state index in [9.17, 15) is 22.4 Å². The summed E-state index contributed by atoms with van der Waals surface area (Å²) in [5.74, 6) is -2.09. The van der Waals surface area contributed by atoms with Crippen LogP contribution in [0.3, 0.4) is 0 Å². The van der Waals surface area contributed by atoms with Crippen molar-refractivity contribution in [1.29, 1.82) is 0 Å². The van der Waals surface area contributed by atoms with Crippen LogP contribution in [0.1, 0.15) is 18.4 Å². The third-order valence-corrected chi connectivity index (χ3v) is 5.45. The molecule has 1 amide bonds. The lowest BCUT2D eigenvalue weighted by Crippen LogP contribution is -2.23. The van der Waals surface area contributed by atoms with Crippen molar-refractivity contribution in [3.05, 3.63) is 53.8 Å². The molecule has 0 aliphatic carbocycles. The van der Waals surface area contributed by atoms with Crippen molar-refractivity contribution in [3.63, 3.8) is 0 Å². The molecule has 0 aliphatic rings. The number of halogens is 1. The number of amides is 1. The molecule has 0 unspecified atom stereocenters. The van der Waals surface area contributed by atoms with Crippen LogP contribution in [0.25, 0.3) is 0 Å². The third-order valence-electron chi connectivity index (χ3n) is 4.07. The second-order valence-electron chi connectivity index (χ2n) is 6.71. The van der Waals surface area contributed by atoms with Crippen LogP contribution in [0, 0.1) is 5.82 Å². The van der Waals surface area contributed by atoms with E-state index in [1.807, 2.05) is 0 Å². The largest absolute Gasteiger partial charge is 0.491 e. The monoisotopic (exact) mass is 438 g/mol. The van der Waals surface area contributed by atoms with E-state index in [2.05, 4.69) is 4.72 Å². The molecule has 30 heavy (non-hydrogen) atoms. The number of hydrogen-bond acceptors (Lipinski definition) is 5. The summed E-state index contributed by atoms with van der Waals surface area (Å²) in [4.78, 5) is 23.4. The molecule has 0 heterocycles. The Morgan fingerprint density at radius 1 is 1.13 bits per heavy atom. The Kier molecular flexibility index (Phi) is 7.76. The van der Waals surface area contributed by atoms with Gasteiger partial charge in [-0.1, -0.05) is 12.1 Å². The van der Waals surface area contributed by atoms with E-state index < -0.39 is 21.8 Å². The number of benzene rings is 2. The highest BCUT2D eigenvalue weighted by Crippen LogP contribution is 2.23. The minimum atomic E-state index is -4.04. The zero-order valence-corrected chi connectivity index (χ0v) is 17.4. The molecule has 2 aromatic carbocycles. The minimum absolute atomic E-state index is 0.00373. The van der Waals surface area contributed by atoms with Crippen LogP contribution in [-0.4, -0.2) is 51.0 Å². The quantitative estimate of drug-likeness (QED) is 0.551. The molecule has 0 saturated heterocycles. The van der Waals surface area contributed by atoms with Gasteiger partial charge >= 0.3 is 5.97 Å². The van der Waals surface area contributed by atoms with Crippen molar-refractivity contribution in [2.24, 2.45) is 0 Å². The van der Waals surface area contributed by atoms with Gasteiger partial charge < -0.3 is 14.7 Å². The number of likely N-dealkylation sites (N-methyl/N-ethyl adjacent to an activating group) is 1. The van der Waals surface area contributed by atoms with Crippen LogP contribution in [-0.2, 0) is 26.0 Å². The Hall–Kier alpha value is -3.14. The number of anilines is 1. The molecule has 0 spiro atoms. The highest BCUT2D eigenvalue weighted by Gasteiger charge is 2.17. The van der Waals surface area contributed by atoms with Gasteiger partial charge in [0.05, 0.1) is 17.9 Å². The van der Waals surface area contributed by atoms with Crippen molar-refractivity contribution < 1.29 is 32.2 Å². The molecule has 162 valence electrons. The van der Waals surface area contributed by atoms with Crippen molar-refractivity contribution in [3.8, 4) is 5.75 Å². The highest BCUT2D eigenvalue weighted by atomic mass is 32.2. The second kappa shape index (κ2) is 10.1. The number of nitrogens with zero attached hydrogens (tertiary/aromatic N) is 1. The summed E-state index contributed by atoms with van der Waals surface area (Å²) in [6, 6.07) is 9.52. The highest BCUT2D eigenvalue weighted by molar-refractivity contribution is 7.92. The second-order valence-corrected chi connectivity index (χ2v) is 8.39. The first-order valence-corrected chi connectivity index (χ1v) is 10.5. The average molecular weight is 438 g/mol. The lowest BCUT2D eigenvalue weighted by molar-refractivity contribution is -0.137. The SMILES string of the molecule is CN(C)C(=O)Cc1ccc(NS(=O)(=O)c2ccc(OCCCC(=O)O)c(F)c2)cc1. The summed E-state index contributed by atoms with van der Waals surface area (Å²) in [6.07, 6.45) is 0.284. The van der Waals surface area contributed by atoms with Crippen molar-refractivity contribution in [1.82, 2.24) is 4.90 Å². The summed E-state index contributed by atoms with van der Waals surface area (Å²) >= 11 is 0. The molecule has 2 rings (SSSR count). The predicted molar refractivity (Wildman–Crippen MR) is 108 cm³/mol. The Morgan fingerprint density at radius 3 is 2.37 bits per heavy atom. The molecule has 0 bridgehead atoms. The smallest absolute Gasteiger partial charge is 0.303 e. The summed E-state index contributed by atoms with van der Waals surface area (Å²) in [7, 11) is -0.738. The van der Waals surface area contributed by atoms with Gasteiger partial charge in [0.15, 0.2) is 11.6 Å². The standard InChI is InChI=1S/C20H23FN2O6S/c1-23(2)19(24)12-14-5-7-15(8-6-14)22-30(27,28)16-9-10-18(17(21)13-16)29-11-3-4-20(25)26/h5-10,13,22H,3-4,11-12H2,1-2H3,(H,25,26). The molecular formula is C20H23FN2O6S. The van der Waals surface area contributed by atoms with Gasteiger partial charge in [-0.15, -0.1) is 0 Å². The van der Waals surface area contributed by atoms with Crippen molar-refractivity contribution >= 4 is 27.6 Å². The number of sulfonamides is 1. The van der Waals surface area contributed by atoms with Gasteiger partial charge in [0.2, 0.25) is 5.91 Å². The molecule has 2 N–H and O–H groups in total. The fourth-order valence-electron chi connectivity index (χ4n) is 2.41. The molecule has 10 heteroatoms. The van der Waals surface area contributed by atoms with E-state index in [0.29, 0.717) is 0 Å². The molecule has 0 atom stereocenters. The average Bonchev–Trinajstić information content (AvgIpc) is 2.67. The van der Waals surface area contributed by atoms with E-state index in [4.69, 9.17) is 9.84 Å². The van der Waals surface area contributed by atoms with Crippen LogP contribution < -0.4 is 9.46 Å². The molecule has 0 fully saturated rings. The first-order chi connectivity index (χ1) is 14.1. The van der Waals surface area contributed by atoms with Crippen LogP contribution in [0.15, 0.2) is 47.4 Å². The fraction of sp³-hybridized carbons (Fsp3) is 0.300. The van der Waals surface area contributed by atoms with Gasteiger partial charge in [0.25, 0.3) is 10.0 Å². The van der Waals surface area contributed by atoms with E-state index in [0.717, 1.165) is 11.6 Å². The van der Waals surface area contributed by atoms with Crippen molar-refractivity contribution in [2.75, 3.05) is 25.4 Å². The van der Waals surface area contributed by atoms with Gasteiger partial charge in [-0.05, 0) is 42.3 Å². The minimum Gasteiger partial charge on any atom is -0.491 e. The lowest BCUT2D eigenvalue weighted by atomic mass is 10.1. The van der Waals surface area contributed by atoms with Gasteiger partial charge in [0.1, 0.15) is 0 Å². The molecule has 8 nitrogen and oxygen atoms in total. The number of ether oxygens (including phenoxy) is 1. The number of nitrogens with one attached hydrogen (secondary N) is 1. The maximum atomic E-state index is 14.2. The predicted octanol–water partition coefficient (Wildman–Crippen LogP) is 2.50. The number of rotatable bonds is 10. The van der Waals surface area contributed by atoms with Gasteiger partial charge in [-0.2, -0.15) is 0 Å². The van der Waals surface area contributed by atoms with Gasteiger partial charge in [-0.3, -0.25) is 14.3 Å². The summed E-state index contributed by atoms with van der Waals surface area (Å²) in [5.41, 5.74) is 0.998. The number of carbonyl (C=O) groups excluding carboxylic acids is 1. The molecular weight excluding hydrogens is 415 g/mol. The fourth-order valence-corrected chi connectivity index (χ4v) is 3.48. The first-order valence-electron chi connectivity index (χ1n) is 9.04.